The smallest absolute Gasteiger partial charge is 0.699 e. The van der Waals surface area contributed by atoms with Crippen LogP contribution in [0.4, 0.5) is 11.4 Å². The van der Waals surface area contributed by atoms with Gasteiger partial charge in [-0.15, -0.1) is 11.4 Å². The molecule has 0 spiro atoms. The van der Waals surface area contributed by atoms with Gasteiger partial charge in [-0.3, -0.25) is 0 Å². The van der Waals surface area contributed by atoms with Crippen molar-refractivity contribution in [3.05, 3.63) is 64.0 Å². The molecular formula is C14H15ClN2OSW. The van der Waals surface area contributed by atoms with E-state index in [2.05, 4.69) is 24.0 Å². The zero-order valence-corrected chi connectivity index (χ0v) is 15.7. The number of rotatable bonds is 1. The van der Waals surface area contributed by atoms with Crippen molar-refractivity contribution in [3.8, 4) is 5.75 Å². The summed E-state index contributed by atoms with van der Waals surface area (Å²) in [5.74, 6) is 0.414. The van der Waals surface area contributed by atoms with E-state index in [0.717, 1.165) is 0 Å². The first-order valence-corrected chi connectivity index (χ1v) is 6.29. The number of nitrogens with one attached hydrogen (secondary N) is 2. The van der Waals surface area contributed by atoms with Gasteiger partial charge < -0.3 is 15.7 Å². The molecule has 2 aromatic rings. The molecule has 2 N–H and O–H groups in total. The van der Waals surface area contributed by atoms with Crippen molar-refractivity contribution < 1.29 is 25.2 Å². The molecule has 2 aromatic carbocycles. The van der Waals surface area contributed by atoms with Gasteiger partial charge in [0, 0.05) is 12.9 Å². The number of hydrogen-bond donors (Lipinski definition) is 1. The second kappa shape index (κ2) is 9.17. The first-order chi connectivity index (χ1) is 8.93. The predicted octanol–water partition coefficient (Wildman–Crippen LogP) is 6.23. The van der Waals surface area contributed by atoms with Crippen LogP contribution in [0.3, 0.4) is 0 Å². The third-order valence-corrected chi connectivity index (χ3v) is 3.05. The fourth-order valence-corrected chi connectivity index (χ4v) is 1.68. The van der Waals surface area contributed by atoms with Gasteiger partial charge in [0.1, 0.15) is 0 Å². The second-order valence-electron chi connectivity index (χ2n) is 4.04. The molecule has 2 rings (SSSR count). The van der Waals surface area contributed by atoms with E-state index in [9.17, 15) is 0 Å². The van der Waals surface area contributed by atoms with Gasteiger partial charge >= 0.3 is 21.1 Å². The summed E-state index contributed by atoms with van der Waals surface area (Å²) < 4.78 is 4.57. The molecule has 0 aromatic heterocycles. The monoisotopic (exact) mass is 478 g/mol. The molecule has 0 bridgehead atoms. The Kier molecular flexibility index (Phi) is 8.79. The minimum Gasteiger partial charge on any atom is -0.699 e. The van der Waals surface area contributed by atoms with Crippen LogP contribution in [0, 0.1) is 13.8 Å². The maximum absolute atomic E-state index is 7.23. The Labute approximate surface area is 144 Å². The normalized spacial score (nSPS) is 9.00. The molecular weight excluding hydrogens is 464 g/mol. The van der Waals surface area contributed by atoms with Crippen LogP contribution < -0.4 is 4.18 Å². The molecule has 0 fully saturated rings. The molecule has 0 atom stereocenters. The second-order valence-corrected chi connectivity index (χ2v) is 4.63. The van der Waals surface area contributed by atoms with Crippen molar-refractivity contribution in [2.24, 2.45) is 0 Å². The van der Waals surface area contributed by atoms with Gasteiger partial charge in [-0.05, 0) is 37.1 Å². The Morgan fingerprint density at radius 2 is 1.50 bits per heavy atom. The Hall–Kier alpha value is -0.832. The quantitative estimate of drug-likeness (QED) is 0.383. The summed E-state index contributed by atoms with van der Waals surface area (Å²) in [6.45, 7) is 4.07. The topological polar surface area (TPSA) is 56.8 Å². The van der Waals surface area contributed by atoms with Crippen LogP contribution in [0.25, 0.3) is 11.5 Å². The standard InChI is InChI=1S/C8H10N.C6H5ClNOS.W/c1-6-3-4-8(9)5-7(6)2;7-5-2-1-4(8)3-6(5)9-10;/h3-5,9H,1-2H3;1-3,8,10H;/q2*-1;+2. The minimum atomic E-state index is 0. The van der Waals surface area contributed by atoms with Crippen molar-refractivity contribution in [1.82, 2.24) is 0 Å². The summed E-state index contributed by atoms with van der Waals surface area (Å²) in [4.78, 5) is 0. The third-order valence-electron chi connectivity index (χ3n) is 2.54. The van der Waals surface area contributed by atoms with E-state index in [0.29, 0.717) is 22.1 Å². The van der Waals surface area contributed by atoms with Gasteiger partial charge in [-0.25, -0.2) is 0 Å². The van der Waals surface area contributed by atoms with Crippen molar-refractivity contribution >= 4 is 35.9 Å². The van der Waals surface area contributed by atoms with E-state index in [1.54, 1.807) is 12.1 Å². The van der Waals surface area contributed by atoms with Gasteiger partial charge in [0.15, 0.2) is 5.75 Å². The molecule has 0 unspecified atom stereocenters. The number of benzene rings is 2. The van der Waals surface area contributed by atoms with Crippen LogP contribution in [0.1, 0.15) is 11.1 Å². The maximum Gasteiger partial charge on any atom is 2.00 e. The SMILES string of the molecule is Cc1ccc([NH-])cc1C.[NH-]c1ccc(Cl)c(OS)c1.[W+2]. The van der Waals surface area contributed by atoms with Crippen molar-refractivity contribution in [3.63, 3.8) is 0 Å². The van der Waals surface area contributed by atoms with E-state index in [-0.39, 0.29) is 21.1 Å². The number of hydrogen-bond acceptors (Lipinski definition) is 2. The van der Waals surface area contributed by atoms with Crippen LogP contribution >= 0.6 is 24.5 Å². The average Bonchev–Trinajstić information content (AvgIpc) is 2.38. The van der Waals surface area contributed by atoms with Crippen LogP contribution in [0.5, 0.6) is 5.75 Å². The molecule has 106 valence electrons. The molecule has 6 heteroatoms. The molecule has 0 saturated heterocycles. The molecule has 20 heavy (non-hydrogen) atoms. The zero-order chi connectivity index (χ0) is 14.4. The van der Waals surface area contributed by atoms with Crippen molar-refractivity contribution in [2.45, 2.75) is 13.8 Å². The molecule has 0 amide bonds. The predicted molar refractivity (Wildman–Crippen MR) is 84.9 cm³/mol. The van der Waals surface area contributed by atoms with Crippen molar-refractivity contribution in [1.29, 1.82) is 0 Å². The first-order valence-electron chi connectivity index (χ1n) is 5.55. The average molecular weight is 479 g/mol. The van der Waals surface area contributed by atoms with E-state index in [1.165, 1.54) is 17.2 Å². The van der Waals surface area contributed by atoms with Crippen LogP contribution in [-0.4, -0.2) is 0 Å². The van der Waals surface area contributed by atoms with E-state index >= 15 is 0 Å². The molecule has 0 aliphatic heterocycles. The Morgan fingerprint density at radius 3 is 1.95 bits per heavy atom. The number of aryl methyl sites for hydroxylation is 2. The Morgan fingerprint density at radius 1 is 0.950 bits per heavy atom. The molecule has 0 aliphatic rings. The van der Waals surface area contributed by atoms with Gasteiger partial charge in [0.25, 0.3) is 0 Å². The summed E-state index contributed by atoms with van der Waals surface area (Å²) in [6.07, 6.45) is 0. The zero-order valence-electron chi connectivity index (χ0n) is 11.1. The van der Waals surface area contributed by atoms with Crippen LogP contribution in [-0.2, 0) is 21.1 Å². The fourth-order valence-electron chi connectivity index (χ4n) is 1.31. The molecule has 0 heterocycles. The number of thiol groups is 1. The summed E-state index contributed by atoms with van der Waals surface area (Å²) in [7, 11) is 0. The van der Waals surface area contributed by atoms with Gasteiger partial charge in [0.2, 0.25) is 0 Å². The van der Waals surface area contributed by atoms with E-state index in [4.69, 9.17) is 23.1 Å². The third kappa shape index (κ3) is 6.08. The first kappa shape index (κ1) is 19.2. The van der Waals surface area contributed by atoms with E-state index < -0.39 is 0 Å². The van der Waals surface area contributed by atoms with Gasteiger partial charge in [-0.2, -0.15) is 0 Å². The largest absolute Gasteiger partial charge is 2.00 e. The molecule has 0 radical (unpaired) electrons. The maximum atomic E-state index is 7.23. The molecule has 0 aliphatic carbocycles. The molecule has 3 nitrogen and oxygen atoms in total. The summed E-state index contributed by atoms with van der Waals surface area (Å²) in [6, 6.07) is 10.3. The van der Waals surface area contributed by atoms with E-state index in [1.807, 2.05) is 25.1 Å². The Bertz CT molecular complexity index is 567. The number of halogens is 1. The fraction of sp³-hybridized carbons (Fsp3) is 0.143. The summed E-state index contributed by atoms with van der Waals surface area (Å²) in [5, 5.41) is 0.464. The molecule has 0 saturated carbocycles. The van der Waals surface area contributed by atoms with Crippen LogP contribution in [0.2, 0.25) is 5.02 Å². The van der Waals surface area contributed by atoms with Crippen molar-refractivity contribution in [2.75, 3.05) is 0 Å². The van der Waals surface area contributed by atoms with Gasteiger partial charge in [-0.1, -0.05) is 35.9 Å². The summed E-state index contributed by atoms with van der Waals surface area (Å²) in [5.41, 5.74) is 17.8. The Balaban J connectivity index is 0.000000345. The van der Waals surface area contributed by atoms with Crippen LogP contribution in [0.15, 0.2) is 36.4 Å². The summed E-state index contributed by atoms with van der Waals surface area (Å²) >= 11 is 9.20. The van der Waals surface area contributed by atoms with Gasteiger partial charge in [0.05, 0.1) is 5.02 Å². The minimum absolute atomic E-state index is 0.